The summed E-state index contributed by atoms with van der Waals surface area (Å²) in [4.78, 5) is 12.0. The van der Waals surface area contributed by atoms with Crippen LogP contribution < -0.4 is 5.43 Å². The van der Waals surface area contributed by atoms with Gasteiger partial charge in [0, 0.05) is 8.95 Å². The van der Waals surface area contributed by atoms with E-state index < -0.39 is 5.91 Å². The number of hydrogen-bond donors (Lipinski definition) is 2. The molecule has 0 aromatic heterocycles. The lowest BCUT2D eigenvalue weighted by Crippen LogP contribution is -2.17. The number of aromatic hydroxyl groups is 1. The van der Waals surface area contributed by atoms with Crippen LogP contribution in [0.1, 0.15) is 15.9 Å². The SMILES string of the molecule is O=C(N/N=C/c1ccc(Br)cc1)c1cc(Br)cc(Br)c1O. The minimum absolute atomic E-state index is 0.129. The molecule has 108 valence electrons. The highest BCUT2D eigenvalue weighted by Crippen LogP contribution is 2.31. The number of halogens is 3. The standard InChI is InChI=1S/C14H9Br3N2O2/c15-9-3-1-8(2-4-9)7-18-19-14(21)11-5-10(16)6-12(17)13(11)20/h1-7,20H,(H,19,21)/b18-7+. The number of carbonyl (C=O) groups is 1. The zero-order chi connectivity index (χ0) is 15.4. The highest BCUT2D eigenvalue weighted by atomic mass is 79.9. The van der Waals surface area contributed by atoms with Crippen LogP contribution in [0.5, 0.6) is 5.75 Å². The van der Waals surface area contributed by atoms with Crippen LogP contribution in [0.25, 0.3) is 0 Å². The van der Waals surface area contributed by atoms with Gasteiger partial charge in [0.25, 0.3) is 5.91 Å². The molecule has 0 saturated carbocycles. The molecule has 2 rings (SSSR count). The third-order valence-corrected chi connectivity index (χ3v) is 4.11. The van der Waals surface area contributed by atoms with Crippen molar-refractivity contribution in [2.75, 3.05) is 0 Å². The van der Waals surface area contributed by atoms with E-state index in [4.69, 9.17) is 0 Å². The van der Waals surface area contributed by atoms with Gasteiger partial charge < -0.3 is 5.11 Å². The number of rotatable bonds is 3. The van der Waals surface area contributed by atoms with E-state index in [0.29, 0.717) is 8.95 Å². The van der Waals surface area contributed by atoms with E-state index in [0.717, 1.165) is 10.0 Å². The summed E-state index contributed by atoms with van der Waals surface area (Å²) in [5.74, 6) is -0.627. The molecule has 21 heavy (non-hydrogen) atoms. The fourth-order valence-corrected chi connectivity index (χ4v) is 3.00. The van der Waals surface area contributed by atoms with Crippen LogP contribution in [-0.4, -0.2) is 17.2 Å². The second-order valence-corrected chi connectivity index (χ2v) is 6.72. The highest BCUT2D eigenvalue weighted by Gasteiger charge is 2.14. The van der Waals surface area contributed by atoms with Crippen molar-refractivity contribution in [1.82, 2.24) is 5.43 Å². The van der Waals surface area contributed by atoms with E-state index in [-0.39, 0.29) is 11.3 Å². The predicted octanol–water partition coefficient (Wildman–Crippen LogP) is 4.44. The number of hydrazone groups is 1. The van der Waals surface area contributed by atoms with Crippen molar-refractivity contribution in [2.24, 2.45) is 5.10 Å². The first kappa shape index (κ1) is 16.2. The largest absolute Gasteiger partial charge is 0.506 e. The summed E-state index contributed by atoms with van der Waals surface area (Å²) in [5, 5.41) is 13.7. The number of carbonyl (C=O) groups excluding carboxylic acids is 1. The van der Waals surface area contributed by atoms with Gasteiger partial charge in [-0.1, -0.05) is 44.0 Å². The number of amides is 1. The Morgan fingerprint density at radius 2 is 1.76 bits per heavy atom. The maximum atomic E-state index is 12.0. The van der Waals surface area contributed by atoms with Gasteiger partial charge in [-0.25, -0.2) is 5.43 Å². The Morgan fingerprint density at radius 1 is 1.10 bits per heavy atom. The summed E-state index contributed by atoms with van der Waals surface area (Å²) in [7, 11) is 0. The van der Waals surface area contributed by atoms with Crippen molar-refractivity contribution in [2.45, 2.75) is 0 Å². The summed E-state index contributed by atoms with van der Waals surface area (Å²) >= 11 is 9.78. The van der Waals surface area contributed by atoms with E-state index in [9.17, 15) is 9.90 Å². The third kappa shape index (κ3) is 4.39. The number of nitrogens with zero attached hydrogens (tertiary/aromatic N) is 1. The summed E-state index contributed by atoms with van der Waals surface area (Å²) in [6, 6.07) is 10.6. The molecule has 0 spiro atoms. The highest BCUT2D eigenvalue weighted by molar-refractivity contribution is 9.11. The van der Waals surface area contributed by atoms with Gasteiger partial charge in [-0.05, 0) is 45.8 Å². The zero-order valence-electron chi connectivity index (χ0n) is 10.5. The molecule has 0 bridgehead atoms. The Hall–Kier alpha value is -1.18. The van der Waals surface area contributed by atoms with E-state index in [1.807, 2.05) is 24.3 Å². The van der Waals surface area contributed by atoms with Crippen LogP contribution >= 0.6 is 47.8 Å². The quantitative estimate of drug-likeness (QED) is 0.508. The average molecular weight is 477 g/mol. The lowest BCUT2D eigenvalue weighted by Gasteiger charge is -2.05. The van der Waals surface area contributed by atoms with Crippen LogP contribution in [0.4, 0.5) is 0 Å². The first-order valence-electron chi connectivity index (χ1n) is 5.74. The molecule has 1 amide bonds. The van der Waals surface area contributed by atoms with Gasteiger partial charge in [-0.2, -0.15) is 5.10 Å². The van der Waals surface area contributed by atoms with Gasteiger partial charge in [-0.15, -0.1) is 0 Å². The maximum Gasteiger partial charge on any atom is 0.275 e. The number of phenols is 1. The monoisotopic (exact) mass is 474 g/mol. The summed E-state index contributed by atoms with van der Waals surface area (Å²) in [6.07, 6.45) is 1.52. The molecular formula is C14H9Br3N2O2. The van der Waals surface area contributed by atoms with Crippen molar-refractivity contribution in [1.29, 1.82) is 0 Å². The molecule has 2 aromatic rings. The van der Waals surface area contributed by atoms with Gasteiger partial charge in [-0.3, -0.25) is 4.79 Å². The molecule has 0 aliphatic carbocycles. The minimum atomic E-state index is -0.497. The predicted molar refractivity (Wildman–Crippen MR) is 92.7 cm³/mol. The molecule has 0 radical (unpaired) electrons. The first-order valence-corrected chi connectivity index (χ1v) is 8.12. The molecule has 0 atom stereocenters. The smallest absolute Gasteiger partial charge is 0.275 e. The Balaban J connectivity index is 2.10. The van der Waals surface area contributed by atoms with Crippen LogP contribution in [0.3, 0.4) is 0 Å². The minimum Gasteiger partial charge on any atom is -0.506 e. The molecule has 2 N–H and O–H groups in total. The van der Waals surface area contributed by atoms with E-state index in [1.54, 1.807) is 6.07 Å². The summed E-state index contributed by atoms with van der Waals surface area (Å²) < 4.78 is 2.07. The Morgan fingerprint density at radius 3 is 2.43 bits per heavy atom. The average Bonchev–Trinajstić information content (AvgIpc) is 2.44. The number of hydrogen-bond acceptors (Lipinski definition) is 3. The Bertz CT molecular complexity index is 700. The van der Waals surface area contributed by atoms with Gasteiger partial charge in [0.2, 0.25) is 0 Å². The zero-order valence-corrected chi connectivity index (χ0v) is 15.2. The number of nitrogens with one attached hydrogen (secondary N) is 1. The molecule has 0 unspecified atom stereocenters. The van der Waals surface area contributed by atoms with Crippen molar-refractivity contribution >= 4 is 59.9 Å². The van der Waals surface area contributed by atoms with E-state index in [1.165, 1.54) is 12.3 Å². The molecule has 7 heteroatoms. The van der Waals surface area contributed by atoms with Crippen molar-refractivity contribution < 1.29 is 9.90 Å². The molecular weight excluding hydrogens is 468 g/mol. The van der Waals surface area contributed by atoms with Gasteiger partial charge in [0.15, 0.2) is 0 Å². The van der Waals surface area contributed by atoms with Gasteiger partial charge in [0.05, 0.1) is 16.3 Å². The third-order valence-electron chi connectivity index (χ3n) is 2.52. The number of benzene rings is 2. The maximum absolute atomic E-state index is 12.0. The van der Waals surface area contributed by atoms with E-state index in [2.05, 4.69) is 58.3 Å². The van der Waals surface area contributed by atoms with Crippen LogP contribution in [0.15, 0.2) is 54.9 Å². The van der Waals surface area contributed by atoms with Crippen molar-refractivity contribution in [3.8, 4) is 5.75 Å². The molecule has 2 aromatic carbocycles. The van der Waals surface area contributed by atoms with Crippen molar-refractivity contribution in [3.63, 3.8) is 0 Å². The van der Waals surface area contributed by atoms with Crippen LogP contribution in [0.2, 0.25) is 0 Å². The molecule has 0 aliphatic rings. The van der Waals surface area contributed by atoms with Crippen LogP contribution in [0, 0.1) is 0 Å². The number of phenolic OH excluding ortho intramolecular Hbond substituents is 1. The molecule has 4 nitrogen and oxygen atoms in total. The normalized spacial score (nSPS) is 10.8. The molecule has 0 aliphatic heterocycles. The fraction of sp³-hybridized carbons (Fsp3) is 0. The molecule has 0 heterocycles. The second-order valence-electron chi connectivity index (χ2n) is 4.03. The van der Waals surface area contributed by atoms with Gasteiger partial charge >= 0.3 is 0 Å². The second kappa shape index (κ2) is 7.20. The van der Waals surface area contributed by atoms with Crippen molar-refractivity contribution in [3.05, 3.63) is 60.9 Å². The molecule has 0 fully saturated rings. The topological polar surface area (TPSA) is 61.7 Å². The lowest BCUT2D eigenvalue weighted by molar-refractivity contribution is 0.0952. The van der Waals surface area contributed by atoms with E-state index >= 15 is 0 Å². The summed E-state index contributed by atoms with van der Waals surface area (Å²) in [6.45, 7) is 0. The Kier molecular flexibility index (Phi) is 5.55. The van der Waals surface area contributed by atoms with Crippen LogP contribution in [-0.2, 0) is 0 Å². The molecule has 0 saturated heterocycles. The first-order chi connectivity index (χ1) is 9.97. The lowest BCUT2D eigenvalue weighted by atomic mass is 10.2. The van der Waals surface area contributed by atoms with Gasteiger partial charge in [0.1, 0.15) is 5.75 Å². The fourth-order valence-electron chi connectivity index (χ4n) is 1.51. The summed E-state index contributed by atoms with van der Waals surface area (Å²) in [5.41, 5.74) is 3.35. The Labute approximate surface area is 146 Å².